The Bertz CT molecular complexity index is 356. The van der Waals surface area contributed by atoms with Crippen LogP contribution in [0.3, 0.4) is 0 Å². The van der Waals surface area contributed by atoms with Gasteiger partial charge in [-0.1, -0.05) is 0 Å². The van der Waals surface area contributed by atoms with Crippen molar-refractivity contribution in [3.63, 3.8) is 0 Å². The van der Waals surface area contributed by atoms with Gasteiger partial charge >= 0.3 is 5.97 Å². The molecule has 1 aromatic heterocycles. The van der Waals surface area contributed by atoms with Gasteiger partial charge in [0.1, 0.15) is 6.04 Å². The van der Waals surface area contributed by atoms with E-state index in [2.05, 4.69) is 4.98 Å². The van der Waals surface area contributed by atoms with E-state index in [-0.39, 0.29) is 5.88 Å². The lowest BCUT2D eigenvalue weighted by Crippen LogP contribution is -2.22. The zero-order chi connectivity index (χ0) is 10.7. The first-order chi connectivity index (χ1) is 6.57. The maximum atomic E-state index is 10.7. The average Bonchev–Trinajstić information content (AvgIpc) is 2.16. The standard InChI is InChI=1S/C8H9IN2O3/c1-14-7-5(6(10)8(12)13)4(9)2-3-11-7/h2-3,6H,10H2,1H3,(H,12,13). The Balaban J connectivity index is 3.23. The fourth-order valence-electron chi connectivity index (χ4n) is 1.000. The molecule has 3 N–H and O–H groups in total. The Labute approximate surface area is 94.4 Å². The molecule has 1 rings (SSSR count). The van der Waals surface area contributed by atoms with Crippen molar-refractivity contribution < 1.29 is 14.6 Å². The monoisotopic (exact) mass is 308 g/mol. The SMILES string of the molecule is COc1nccc(I)c1C(N)C(=O)O. The van der Waals surface area contributed by atoms with Gasteiger partial charge < -0.3 is 15.6 Å². The third-order valence-corrected chi connectivity index (χ3v) is 2.61. The molecule has 0 aromatic carbocycles. The summed E-state index contributed by atoms with van der Waals surface area (Å²) >= 11 is 1.99. The number of hydrogen-bond donors (Lipinski definition) is 2. The number of hydrogen-bond acceptors (Lipinski definition) is 4. The highest BCUT2D eigenvalue weighted by Crippen LogP contribution is 2.26. The van der Waals surface area contributed by atoms with Gasteiger partial charge in [0.2, 0.25) is 5.88 Å². The number of rotatable bonds is 3. The van der Waals surface area contributed by atoms with Crippen LogP contribution in [0, 0.1) is 3.57 Å². The van der Waals surface area contributed by atoms with E-state index < -0.39 is 12.0 Å². The highest BCUT2D eigenvalue weighted by atomic mass is 127. The van der Waals surface area contributed by atoms with E-state index in [0.717, 1.165) is 3.57 Å². The molecule has 0 aliphatic heterocycles. The summed E-state index contributed by atoms with van der Waals surface area (Å²) in [6, 6.07) is 0.576. The minimum Gasteiger partial charge on any atom is -0.481 e. The first kappa shape index (κ1) is 11.2. The second-order valence-corrected chi connectivity index (χ2v) is 3.69. The highest BCUT2D eigenvalue weighted by molar-refractivity contribution is 14.1. The van der Waals surface area contributed by atoms with Crippen molar-refractivity contribution in [3.8, 4) is 5.88 Å². The summed E-state index contributed by atoms with van der Waals surface area (Å²) < 4.78 is 5.66. The van der Waals surface area contributed by atoms with Crippen LogP contribution in [0.4, 0.5) is 0 Å². The molecule has 76 valence electrons. The molecule has 1 atom stereocenters. The molecule has 0 radical (unpaired) electrons. The van der Waals surface area contributed by atoms with Crippen molar-refractivity contribution in [2.24, 2.45) is 5.73 Å². The molecule has 0 fully saturated rings. The van der Waals surface area contributed by atoms with E-state index in [1.165, 1.54) is 7.11 Å². The highest BCUT2D eigenvalue weighted by Gasteiger charge is 2.22. The molecule has 1 heterocycles. The molecule has 14 heavy (non-hydrogen) atoms. The second-order valence-electron chi connectivity index (χ2n) is 2.53. The molecular weight excluding hydrogens is 299 g/mol. The van der Waals surface area contributed by atoms with E-state index in [1.54, 1.807) is 12.3 Å². The van der Waals surface area contributed by atoms with Crippen LogP contribution in [0.1, 0.15) is 11.6 Å². The Hall–Kier alpha value is -0.890. The Morgan fingerprint density at radius 1 is 1.79 bits per heavy atom. The van der Waals surface area contributed by atoms with Gasteiger partial charge in [0.05, 0.1) is 12.7 Å². The Morgan fingerprint density at radius 3 is 2.93 bits per heavy atom. The third kappa shape index (κ3) is 2.13. The number of aromatic nitrogens is 1. The van der Waals surface area contributed by atoms with Crippen molar-refractivity contribution >= 4 is 28.6 Å². The minimum atomic E-state index is -1.11. The fraction of sp³-hybridized carbons (Fsp3) is 0.250. The number of methoxy groups -OCH3 is 1. The topological polar surface area (TPSA) is 85.4 Å². The lowest BCUT2D eigenvalue weighted by atomic mass is 10.1. The zero-order valence-electron chi connectivity index (χ0n) is 7.40. The maximum Gasteiger partial charge on any atom is 0.325 e. The van der Waals surface area contributed by atoms with Gasteiger partial charge in [-0.2, -0.15) is 0 Å². The predicted octanol–water partition coefficient (Wildman–Crippen LogP) is 0.779. The minimum absolute atomic E-state index is 0.256. The van der Waals surface area contributed by atoms with E-state index in [0.29, 0.717) is 5.56 Å². The molecule has 1 aromatic rings. The molecule has 6 heteroatoms. The Kier molecular flexibility index (Phi) is 3.64. The predicted molar refractivity (Wildman–Crippen MR) is 58.1 cm³/mol. The van der Waals surface area contributed by atoms with Crippen molar-refractivity contribution in [1.82, 2.24) is 4.98 Å². The smallest absolute Gasteiger partial charge is 0.325 e. The van der Waals surface area contributed by atoms with Crippen LogP contribution in [-0.4, -0.2) is 23.2 Å². The Morgan fingerprint density at radius 2 is 2.43 bits per heavy atom. The lowest BCUT2D eigenvalue weighted by molar-refractivity contribution is -0.138. The molecular formula is C8H9IN2O3. The van der Waals surface area contributed by atoms with Crippen LogP contribution in [0.2, 0.25) is 0 Å². The molecule has 0 saturated heterocycles. The van der Waals surface area contributed by atoms with Gasteiger partial charge in [0, 0.05) is 9.77 Å². The number of carboxylic acid groups (broad SMARTS) is 1. The van der Waals surface area contributed by atoms with E-state index in [4.69, 9.17) is 15.6 Å². The average molecular weight is 308 g/mol. The quantitative estimate of drug-likeness (QED) is 0.806. The normalized spacial score (nSPS) is 12.2. The van der Waals surface area contributed by atoms with Gasteiger partial charge in [0.15, 0.2) is 0 Å². The van der Waals surface area contributed by atoms with Crippen LogP contribution in [0.15, 0.2) is 12.3 Å². The van der Waals surface area contributed by atoms with Crippen molar-refractivity contribution in [2.75, 3.05) is 7.11 Å². The summed E-state index contributed by atoms with van der Waals surface area (Å²) in [5.41, 5.74) is 5.90. The summed E-state index contributed by atoms with van der Waals surface area (Å²) in [5, 5.41) is 8.77. The fourth-order valence-corrected chi connectivity index (χ4v) is 1.73. The first-order valence-electron chi connectivity index (χ1n) is 3.74. The number of aliphatic carboxylic acids is 1. The van der Waals surface area contributed by atoms with E-state index in [9.17, 15) is 4.79 Å². The number of nitrogens with zero attached hydrogens (tertiary/aromatic N) is 1. The summed E-state index contributed by atoms with van der Waals surface area (Å²) in [4.78, 5) is 14.6. The molecule has 0 aliphatic carbocycles. The van der Waals surface area contributed by atoms with Crippen molar-refractivity contribution in [1.29, 1.82) is 0 Å². The van der Waals surface area contributed by atoms with Crippen molar-refractivity contribution in [3.05, 3.63) is 21.4 Å². The molecule has 0 bridgehead atoms. The summed E-state index contributed by atoms with van der Waals surface area (Å²) in [7, 11) is 1.43. The van der Waals surface area contributed by atoms with Crippen molar-refractivity contribution in [2.45, 2.75) is 6.04 Å². The first-order valence-corrected chi connectivity index (χ1v) is 4.82. The van der Waals surface area contributed by atoms with Gasteiger partial charge in [-0.05, 0) is 28.7 Å². The van der Waals surface area contributed by atoms with Crippen LogP contribution in [-0.2, 0) is 4.79 Å². The number of nitrogens with two attached hydrogens (primary N) is 1. The number of pyridine rings is 1. The van der Waals surface area contributed by atoms with E-state index >= 15 is 0 Å². The number of carbonyl (C=O) groups is 1. The van der Waals surface area contributed by atoms with Crippen LogP contribution in [0.5, 0.6) is 5.88 Å². The summed E-state index contributed by atoms with van der Waals surface area (Å²) in [6.45, 7) is 0. The summed E-state index contributed by atoms with van der Waals surface area (Å²) in [6.07, 6.45) is 1.54. The molecule has 0 spiro atoms. The number of halogens is 1. The lowest BCUT2D eigenvalue weighted by Gasteiger charge is -2.12. The third-order valence-electron chi connectivity index (χ3n) is 1.67. The van der Waals surface area contributed by atoms with Gasteiger partial charge in [-0.25, -0.2) is 4.98 Å². The number of ether oxygens (including phenoxy) is 1. The largest absolute Gasteiger partial charge is 0.481 e. The summed E-state index contributed by atoms with van der Waals surface area (Å²) in [5.74, 6) is -0.846. The maximum absolute atomic E-state index is 10.7. The van der Waals surface area contributed by atoms with Gasteiger partial charge in [-0.15, -0.1) is 0 Å². The van der Waals surface area contributed by atoms with Crippen LogP contribution in [0.25, 0.3) is 0 Å². The molecule has 5 nitrogen and oxygen atoms in total. The van der Waals surface area contributed by atoms with Crippen LogP contribution < -0.4 is 10.5 Å². The number of carboxylic acids is 1. The molecule has 0 saturated carbocycles. The molecule has 1 unspecified atom stereocenters. The van der Waals surface area contributed by atoms with Crippen LogP contribution >= 0.6 is 22.6 Å². The van der Waals surface area contributed by atoms with E-state index in [1.807, 2.05) is 22.6 Å². The van der Waals surface area contributed by atoms with Gasteiger partial charge in [-0.3, -0.25) is 4.79 Å². The van der Waals surface area contributed by atoms with Gasteiger partial charge in [0.25, 0.3) is 0 Å². The molecule has 0 aliphatic rings. The second kappa shape index (κ2) is 4.56. The zero-order valence-corrected chi connectivity index (χ0v) is 9.56. The molecule has 0 amide bonds.